The third-order valence-electron chi connectivity index (χ3n) is 3.97. The molecule has 0 aliphatic heterocycles. The van der Waals surface area contributed by atoms with Gasteiger partial charge in [-0.3, -0.25) is 4.79 Å². The van der Waals surface area contributed by atoms with E-state index in [9.17, 15) is 18.5 Å². The molecule has 0 spiro atoms. The van der Waals surface area contributed by atoms with Crippen molar-refractivity contribution in [1.82, 2.24) is 0 Å². The van der Waals surface area contributed by atoms with Crippen molar-refractivity contribution in [1.29, 1.82) is 5.26 Å². The zero-order valence-corrected chi connectivity index (χ0v) is 18.1. The second kappa shape index (κ2) is 9.67. The van der Waals surface area contributed by atoms with Crippen LogP contribution in [0.1, 0.15) is 5.56 Å². The van der Waals surface area contributed by atoms with Gasteiger partial charge < -0.3 is 9.50 Å². The highest BCUT2D eigenvalue weighted by atomic mass is 35.5. The molecule has 0 saturated carbocycles. The molecule has 0 bridgehead atoms. The van der Waals surface area contributed by atoms with Gasteiger partial charge in [-0.2, -0.15) is 13.7 Å². The molecule has 0 unspecified atom stereocenters. The van der Waals surface area contributed by atoms with Gasteiger partial charge in [0.2, 0.25) is 0 Å². The molecule has 3 rings (SSSR count). The third-order valence-corrected chi connectivity index (χ3v) is 5.73. The lowest BCUT2D eigenvalue weighted by atomic mass is 10.1. The predicted octanol–water partition coefficient (Wildman–Crippen LogP) is 5.31. The van der Waals surface area contributed by atoms with Crippen molar-refractivity contribution in [2.75, 3.05) is 5.32 Å². The number of carbonyl (C=O) groups excluding carboxylic acids is 1. The van der Waals surface area contributed by atoms with Crippen LogP contribution in [0.3, 0.4) is 0 Å². The molecule has 31 heavy (non-hydrogen) atoms. The van der Waals surface area contributed by atoms with Crippen molar-refractivity contribution >= 4 is 51.0 Å². The molecule has 0 heterocycles. The number of hydrogen-bond donors (Lipinski definition) is 1. The van der Waals surface area contributed by atoms with Crippen LogP contribution in [-0.4, -0.2) is 14.3 Å². The Labute approximate surface area is 189 Å². The topological polar surface area (TPSA) is 96.3 Å². The van der Waals surface area contributed by atoms with Crippen LogP contribution in [-0.2, 0) is 14.9 Å². The average Bonchev–Trinajstić information content (AvgIpc) is 2.75. The van der Waals surface area contributed by atoms with E-state index in [0.717, 1.165) is 0 Å². The Bertz CT molecular complexity index is 1260. The number of amides is 1. The van der Waals surface area contributed by atoms with Crippen LogP contribution in [0.5, 0.6) is 5.75 Å². The largest absolute Gasteiger partial charge is 0.379 e. The lowest BCUT2D eigenvalue weighted by molar-refractivity contribution is -0.112. The van der Waals surface area contributed by atoms with Gasteiger partial charge in [0, 0.05) is 15.7 Å². The molecule has 0 radical (unpaired) electrons. The lowest BCUT2D eigenvalue weighted by Crippen LogP contribution is -2.13. The number of hydrogen-bond acceptors (Lipinski definition) is 5. The molecule has 6 nitrogen and oxygen atoms in total. The standard InChI is InChI=1S/C22H14Cl2N2O4S/c23-17-3-7-19(8-4-17)26-22(27)16(14-25)13-15-1-9-20(10-2-15)30-31(28,29)21-11-5-18(24)6-12-21/h1-13H,(H,26,27)/b16-13+. The summed E-state index contributed by atoms with van der Waals surface area (Å²) in [7, 11) is -4.02. The van der Waals surface area contributed by atoms with Gasteiger partial charge in [-0.05, 0) is 72.3 Å². The van der Waals surface area contributed by atoms with Gasteiger partial charge in [0.15, 0.2) is 0 Å². The first-order chi connectivity index (χ1) is 14.8. The van der Waals surface area contributed by atoms with Gasteiger partial charge in [0.1, 0.15) is 22.3 Å². The first-order valence-corrected chi connectivity index (χ1v) is 10.9. The zero-order chi connectivity index (χ0) is 22.4. The minimum Gasteiger partial charge on any atom is -0.379 e. The fourth-order valence-corrected chi connectivity index (χ4v) is 3.62. The van der Waals surface area contributed by atoms with Crippen molar-refractivity contribution in [2.24, 2.45) is 0 Å². The SMILES string of the molecule is N#C/C(=C\c1ccc(OS(=O)(=O)c2ccc(Cl)cc2)cc1)C(=O)Nc1ccc(Cl)cc1. The molecule has 0 aliphatic carbocycles. The molecule has 156 valence electrons. The highest BCUT2D eigenvalue weighted by Crippen LogP contribution is 2.22. The minimum absolute atomic E-state index is 0.0356. The molecule has 0 aromatic heterocycles. The van der Waals surface area contributed by atoms with E-state index in [2.05, 4.69) is 5.32 Å². The van der Waals surface area contributed by atoms with Gasteiger partial charge in [0.25, 0.3) is 5.91 Å². The van der Waals surface area contributed by atoms with E-state index in [-0.39, 0.29) is 16.2 Å². The van der Waals surface area contributed by atoms with E-state index in [4.69, 9.17) is 27.4 Å². The maximum Gasteiger partial charge on any atom is 0.339 e. The molecule has 1 amide bonds. The predicted molar refractivity (Wildman–Crippen MR) is 119 cm³/mol. The number of anilines is 1. The average molecular weight is 473 g/mol. The molecule has 0 aliphatic rings. The summed E-state index contributed by atoms with van der Waals surface area (Å²) >= 11 is 11.6. The highest BCUT2D eigenvalue weighted by Gasteiger charge is 2.16. The third kappa shape index (κ3) is 6.09. The fraction of sp³-hybridized carbons (Fsp3) is 0. The van der Waals surface area contributed by atoms with Crippen LogP contribution in [0.25, 0.3) is 6.08 Å². The molecule has 3 aromatic carbocycles. The number of carbonyl (C=O) groups is 1. The molecule has 0 atom stereocenters. The molecule has 9 heteroatoms. The minimum atomic E-state index is -4.02. The van der Waals surface area contributed by atoms with Crippen LogP contribution < -0.4 is 9.50 Å². The molecular formula is C22H14Cl2N2O4S. The van der Waals surface area contributed by atoms with Gasteiger partial charge in [-0.1, -0.05) is 35.3 Å². The molecule has 1 N–H and O–H groups in total. The number of nitrogens with one attached hydrogen (secondary N) is 1. The molecule has 3 aromatic rings. The summed E-state index contributed by atoms with van der Waals surface area (Å²) in [5.74, 6) is -0.508. The summed E-state index contributed by atoms with van der Waals surface area (Å²) in [6, 6.07) is 19.8. The number of nitriles is 1. The van der Waals surface area contributed by atoms with Crippen LogP contribution in [0.4, 0.5) is 5.69 Å². The van der Waals surface area contributed by atoms with Gasteiger partial charge in [0.05, 0.1) is 0 Å². The second-order valence-electron chi connectivity index (χ2n) is 6.19. The highest BCUT2D eigenvalue weighted by molar-refractivity contribution is 7.87. The normalized spacial score (nSPS) is 11.5. The van der Waals surface area contributed by atoms with Crippen molar-refractivity contribution in [3.05, 3.63) is 94.0 Å². The summed E-state index contributed by atoms with van der Waals surface area (Å²) in [6.07, 6.45) is 1.38. The van der Waals surface area contributed by atoms with Crippen molar-refractivity contribution < 1.29 is 17.4 Å². The molecule has 0 saturated heterocycles. The van der Waals surface area contributed by atoms with Gasteiger partial charge in [-0.25, -0.2) is 0 Å². The van der Waals surface area contributed by atoms with E-state index in [0.29, 0.717) is 21.3 Å². The van der Waals surface area contributed by atoms with E-state index in [1.54, 1.807) is 24.3 Å². The quantitative estimate of drug-likeness (QED) is 0.298. The maximum atomic E-state index is 12.3. The summed E-state index contributed by atoms with van der Waals surface area (Å²) in [5, 5.41) is 12.9. The first-order valence-electron chi connectivity index (χ1n) is 8.76. The van der Waals surface area contributed by atoms with E-state index >= 15 is 0 Å². The Kier molecular flexibility index (Phi) is 6.98. The monoisotopic (exact) mass is 472 g/mol. The fourth-order valence-electron chi connectivity index (χ4n) is 2.44. The first kappa shape index (κ1) is 22.4. The summed E-state index contributed by atoms with van der Waals surface area (Å²) in [6.45, 7) is 0. The van der Waals surface area contributed by atoms with Gasteiger partial charge in [-0.15, -0.1) is 0 Å². The lowest BCUT2D eigenvalue weighted by Gasteiger charge is -2.07. The van der Waals surface area contributed by atoms with Crippen molar-refractivity contribution in [3.63, 3.8) is 0 Å². The smallest absolute Gasteiger partial charge is 0.339 e. The Hall–Kier alpha value is -3.31. The van der Waals surface area contributed by atoms with Gasteiger partial charge >= 0.3 is 10.1 Å². The maximum absolute atomic E-state index is 12.3. The second-order valence-corrected chi connectivity index (χ2v) is 8.61. The van der Waals surface area contributed by atoms with Crippen LogP contribution in [0, 0.1) is 11.3 Å². The van der Waals surface area contributed by atoms with Crippen LogP contribution >= 0.6 is 23.2 Å². The Morgan fingerprint density at radius 3 is 2.00 bits per heavy atom. The number of rotatable bonds is 6. The van der Waals surface area contributed by atoms with E-state index in [1.165, 1.54) is 54.6 Å². The Morgan fingerprint density at radius 1 is 0.903 bits per heavy atom. The van der Waals surface area contributed by atoms with Crippen LogP contribution in [0.15, 0.2) is 83.3 Å². The Balaban J connectivity index is 1.72. The van der Waals surface area contributed by atoms with Crippen molar-refractivity contribution in [2.45, 2.75) is 4.90 Å². The summed E-state index contributed by atoms with van der Waals surface area (Å²) < 4.78 is 29.8. The van der Waals surface area contributed by atoms with E-state index in [1.807, 2.05) is 6.07 Å². The Morgan fingerprint density at radius 2 is 1.45 bits per heavy atom. The summed E-state index contributed by atoms with van der Waals surface area (Å²) in [4.78, 5) is 12.3. The zero-order valence-electron chi connectivity index (χ0n) is 15.7. The number of halogens is 2. The van der Waals surface area contributed by atoms with E-state index < -0.39 is 16.0 Å². The van der Waals surface area contributed by atoms with Crippen molar-refractivity contribution in [3.8, 4) is 11.8 Å². The molecular weight excluding hydrogens is 459 g/mol. The van der Waals surface area contributed by atoms with Crippen LogP contribution in [0.2, 0.25) is 10.0 Å². The number of benzene rings is 3. The molecule has 0 fully saturated rings. The number of nitrogens with zero attached hydrogens (tertiary/aromatic N) is 1. The summed E-state index contributed by atoms with van der Waals surface area (Å²) in [5.41, 5.74) is 0.878.